The smallest absolute Gasteiger partial charge is 0.299 e. The van der Waals surface area contributed by atoms with Crippen LogP contribution in [0, 0.1) is 5.82 Å². The molecule has 0 saturated carbocycles. The average Bonchev–Trinajstić information content (AvgIpc) is 3.19. The Balaban J connectivity index is 1.68. The zero-order valence-corrected chi connectivity index (χ0v) is 16.7. The first kappa shape index (κ1) is 20.5. The molecule has 0 fully saturated rings. The lowest BCUT2D eigenvalue weighted by Crippen LogP contribution is -2.54. The number of aryl methyl sites for hydroxylation is 1. The van der Waals surface area contributed by atoms with Gasteiger partial charge < -0.3 is 10.1 Å². The van der Waals surface area contributed by atoms with Crippen LogP contribution in [-0.2, 0) is 16.8 Å². The Kier molecular flexibility index (Phi) is 4.06. The minimum atomic E-state index is -3.49. The predicted molar refractivity (Wildman–Crippen MR) is 100 cm³/mol. The van der Waals surface area contributed by atoms with Crippen molar-refractivity contribution >= 4 is 22.8 Å². The number of pyridine rings is 1. The summed E-state index contributed by atoms with van der Waals surface area (Å²) < 4.78 is 75.9. The second-order valence-corrected chi connectivity index (χ2v) is 8.06. The van der Waals surface area contributed by atoms with Crippen LogP contribution < -0.4 is 10.1 Å². The summed E-state index contributed by atoms with van der Waals surface area (Å²) in [4.78, 5) is 24.6. The van der Waals surface area contributed by atoms with Crippen molar-refractivity contribution in [2.24, 2.45) is 0 Å². The second kappa shape index (κ2) is 6.33. The van der Waals surface area contributed by atoms with Crippen LogP contribution in [0.15, 0.2) is 12.3 Å². The van der Waals surface area contributed by atoms with E-state index in [0.29, 0.717) is 0 Å². The normalized spacial score (nSPS) is 21.4. The highest BCUT2D eigenvalue weighted by Gasteiger charge is 2.65. The third-order valence-corrected chi connectivity index (χ3v) is 5.71. The zero-order valence-electron chi connectivity index (χ0n) is 16.7. The molecule has 1 amide bonds. The largest absolute Gasteiger partial charge is 0.471 e. The highest BCUT2D eigenvalue weighted by atomic mass is 19.3. The number of hydrogen-bond donors (Lipinski definition) is 1. The quantitative estimate of drug-likeness (QED) is 0.608. The van der Waals surface area contributed by atoms with E-state index in [9.17, 15) is 26.7 Å². The van der Waals surface area contributed by atoms with Gasteiger partial charge in [-0.15, -0.1) is 0 Å². The van der Waals surface area contributed by atoms with Crippen molar-refractivity contribution in [1.82, 2.24) is 24.7 Å². The molecule has 3 aromatic rings. The number of rotatable bonds is 4. The molecular formula is C19H15F5N6O2. The van der Waals surface area contributed by atoms with Crippen molar-refractivity contribution in [3.8, 4) is 17.4 Å². The van der Waals surface area contributed by atoms with Crippen LogP contribution in [0.4, 0.5) is 27.8 Å². The lowest BCUT2D eigenvalue weighted by Gasteiger charge is -2.35. The number of amides is 1. The van der Waals surface area contributed by atoms with Crippen molar-refractivity contribution in [2.45, 2.75) is 44.1 Å². The molecular weight excluding hydrogens is 439 g/mol. The number of nitrogens with zero attached hydrogens (tertiary/aromatic N) is 5. The number of ether oxygens (including phenoxy) is 1. The first-order valence-electron chi connectivity index (χ1n) is 9.55. The van der Waals surface area contributed by atoms with E-state index < -0.39 is 42.0 Å². The second-order valence-electron chi connectivity index (χ2n) is 8.06. The van der Waals surface area contributed by atoms with Gasteiger partial charge in [0.1, 0.15) is 22.7 Å². The molecule has 3 aromatic heterocycles. The van der Waals surface area contributed by atoms with Gasteiger partial charge in [-0.3, -0.25) is 4.79 Å². The molecule has 1 atom stereocenters. The Bertz CT molecular complexity index is 1290. The minimum Gasteiger partial charge on any atom is -0.471 e. The van der Waals surface area contributed by atoms with Crippen molar-refractivity contribution in [3.63, 3.8) is 0 Å². The Morgan fingerprint density at radius 1 is 1.31 bits per heavy atom. The molecule has 2 aliphatic heterocycles. The maximum absolute atomic E-state index is 14.5. The summed E-state index contributed by atoms with van der Waals surface area (Å²) >= 11 is 0. The standard InChI is InChI=1S/C19H15F5N6O2/c1-17(21,22)3-4-30-14-9(5-8(20)6-25-14)11(29-30)13-26-12-10-15(27-13)32-7-19(23,24)18(10,2)16(31)28-12/h5-6H,3-4,7H2,1-2H3,(H,26,27,28,31)/t18-/m1/s1. The Labute approximate surface area is 176 Å². The number of alkyl halides is 4. The topological polar surface area (TPSA) is 94.8 Å². The maximum atomic E-state index is 14.5. The van der Waals surface area contributed by atoms with Crippen LogP contribution in [0.3, 0.4) is 0 Å². The summed E-state index contributed by atoms with van der Waals surface area (Å²) in [7, 11) is 0. The van der Waals surface area contributed by atoms with E-state index >= 15 is 0 Å². The summed E-state index contributed by atoms with van der Waals surface area (Å²) in [6, 6.07) is 1.09. The summed E-state index contributed by atoms with van der Waals surface area (Å²) in [6.45, 7) is 0.538. The maximum Gasteiger partial charge on any atom is 0.299 e. The lowest BCUT2D eigenvalue weighted by molar-refractivity contribution is -0.148. The van der Waals surface area contributed by atoms with Gasteiger partial charge in [0.25, 0.3) is 5.92 Å². The SMILES string of the molecule is CC(F)(F)CCn1nc(-c2nc3c4c(n2)OCC(F)(F)[C@@]4(C)C(=O)N3)c2cc(F)cnc21. The van der Waals surface area contributed by atoms with Gasteiger partial charge in [-0.1, -0.05) is 0 Å². The molecule has 0 spiro atoms. The van der Waals surface area contributed by atoms with Gasteiger partial charge in [0.2, 0.25) is 17.7 Å². The van der Waals surface area contributed by atoms with Gasteiger partial charge in [-0.25, -0.2) is 36.6 Å². The number of halogens is 5. The summed E-state index contributed by atoms with van der Waals surface area (Å²) in [5.41, 5.74) is -2.30. The first-order valence-corrected chi connectivity index (χ1v) is 9.55. The Morgan fingerprint density at radius 2 is 2.06 bits per heavy atom. The molecule has 0 aromatic carbocycles. The van der Waals surface area contributed by atoms with Crippen LogP contribution in [0.25, 0.3) is 22.6 Å². The average molecular weight is 454 g/mol. The molecule has 1 N–H and O–H groups in total. The van der Waals surface area contributed by atoms with Gasteiger partial charge in [-0.2, -0.15) is 10.1 Å². The number of fused-ring (bicyclic) bond motifs is 1. The number of carbonyl (C=O) groups excluding carboxylic acids is 1. The molecule has 5 heterocycles. The molecule has 0 aliphatic carbocycles. The van der Waals surface area contributed by atoms with Crippen molar-refractivity contribution in [1.29, 1.82) is 0 Å². The zero-order chi connectivity index (χ0) is 23.1. The molecule has 13 heteroatoms. The van der Waals surface area contributed by atoms with E-state index in [2.05, 4.69) is 25.4 Å². The van der Waals surface area contributed by atoms with Crippen LogP contribution in [-0.4, -0.2) is 49.1 Å². The molecule has 168 valence electrons. The highest BCUT2D eigenvalue weighted by Crippen LogP contribution is 2.53. The number of hydrogen-bond acceptors (Lipinski definition) is 6. The van der Waals surface area contributed by atoms with Crippen LogP contribution >= 0.6 is 0 Å². The van der Waals surface area contributed by atoms with Crippen LogP contribution in [0.1, 0.15) is 25.8 Å². The monoisotopic (exact) mass is 454 g/mol. The number of anilines is 1. The molecule has 0 unspecified atom stereocenters. The Morgan fingerprint density at radius 3 is 2.78 bits per heavy atom. The number of carbonyl (C=O) groups is 1. The van der Waals surface area contributed by atoms with Gasteiger partial charge in [0.15, 0.2) is 18.1 Å². The number of nitrogens with one attached hydrogen (secondary N) is 1. The molecule has 0 radical (unpaired) electrons. The number of aromatic nitrogens is 5. The molecule has 0 bridgehead atoms. The summed E-state index contributed by atoms with van der Waals surface area (Å²) in [6.07, 6.45) is 0.365. The molecule has 0 saturated heterocycles. The van der Waals surface area contributed by atoms with E-state index in [-0.39, 0.29) is 46.4 Å². The van der Waals surface area contributed by atoms with E-state index in [1.807, 2.05) is 0 Å². The Hall–Kier alpha value is -3.38. The highest BCUT2D eigenvalue weighted by molar-refractivity contribution is 6.07. The first-order chi connectivity index (χ1) is 14.9. The van der Waals surface area contributed by atoms with Gasteiger partial charge >= 0.3 is 0 Å². The summed E-state index contributed by atoms with van der Waals surface area (Å²) in [5.74, 6) is -8.70. The van der Waals surface area contributed by atoms with Crippen molar-refractivity contribution in [3.05, 3.63) is 23.6 Å². The predicted octanol–water partition coefficient (Wildman–Crippen LogP) is 3.31. The van der Waals surface area contributed by atoms with Crippen molar-refractivity contribution in [2.75, 3.05) is 11.9 Å². The molecule has 32 heavy (non-hydrogen) atoms. The van der Waals surface area contributed by atoms with E-state index in [1.54, 1.807) is 0 Å². The fourth-order valence-electron chi connectivity index (χ4n) is 3.85. The minimum absolute atomic E-state index is 0.0192. The van der Waals surface area contributed by atoms with E-state index in [4.69, 9.17) is 4.74 Å². The van der Waals surface area contributed by atoms with Crippen LogP contribution in [0.5, 0.6) is 5.88 Å². The fourth-order valence-corrected chi connectivity index (χ4v) is 3.85. The van der Waals surface area contributed by atoms with Gasteiger partial charge in [0.05, 0.1) is 17.1 Å². The third kappa shape index (κ3) is 2.83. The van der Waals surface area contributed by atoms with Gasteiger partial charge in [-0.05, 0) is 19.9 Å². The summed E-state index contributed by atoms with van der Waals surface area (Å²) in [5, 5.41) is 6.67. The molecule has 8 nitrogen and oxygen atoms in total. The molecule has 2 aliphatic rings. The lowest BCUT2D eigenvalue weighted by atomic mass is 9.77. The molecule has 5 rings (SSSR count). The fraction of sp³-hybridized carbons (Fsp3) is 0.421. The van der Waals surface area contributed by atoms with E-state index in [1.165, 1.54) is 4.68 Å². The van der Waals surface area contributed by atoms with Gasteiger partial charge in [0, 0.05) is 13.0 Å². The van der Waals surface area contributed by atoms with E-state index in [0.717, 1.165) is 26.1 Å². The third-order valence-electron chi connectivity index (χ3n) is 5.71. The van der Waals surface area contributed by atoms with Crippen molar-refractivity contribution < 1.29 is 31.5 Å². The van der Waals surface area contributed by atoms with Crippen LogP contribution in [0.2, 0.25) is 0 Å².